The van der Waals surface area contributed by atoms with Gasteiger partial charge in [0.05, 0.1) is 0 Å². The van der Waals surface area contributed by atoms with E-state index in [1.165, 1.54) is 5.69 Å². The summed E-state index contributed by atoms with van der Waals surface area (Å²) in [5.74, 6) is 0.418. The highest BCUT2D eigenvalue weighted by atomic mass is 16.2. The van der Waals surface area contributed by atoms with E-state index in [0.29, 0.717) is 11.5 Å². The molecule has 1 aromatic carbocycles. The Kier molecular flexibility index (Phi) is 6.95. The third-order valence-corrected chi connectivity index (χ3v) is 4.49. The van der Waals surface area contributed by atoms with Crippen LogP contribution in [0.15, 0.2) is 30.3 Å². The monoisotopic (exact) mass is 355 g/mol. The molecular weight excluding hydrogens is 326 g/mol. The molecule has 0 bridgehead atoms. The van der Waals surface area contributed by atoms with Crippen LogP contribution in [0.25, 0.3) is 0 Å². The summed E-state index contributed by atoms with van der Waals surface area (Å²) >= 11 is 0. The van der Waals surface area contributed by atoms with E-state index in [2.05, 4.69) is 58.6 Å². The average Bonchev–Trinajstić information content (AvgIpc) is 2.65. The Morgan fingerprint density at radius 1 is 1.12 bits per heavy atom. The lowest BCUT2D eigenvalue weighted by Gasteiger charge is -2.22. The Balaban J connectivity index is 2.08. The summed E-state index contributed by atoms with van der Waals surface area (Å²) in [7, 11) is 0. The molecule has 2 rings (SSSR count). The normalized spacial score (nSPS) is 11.7. The summed E-state index contributed by atoms with van der Waals surface area (Å²) in [5.41, 5.74) is 3.65. The molecule has 0 saturated carbocycles. The van der Waals surface area contributed by atoms with Crippen molar-refractivity contribution in [2.75, 3.05) is 23.3 Å². The highest BCUT2D eigenvalue weighted by Gasteiger charge is 2.11. The van der Waals surface area contributed by atoms with Gasteiger partial charge in [-0.3, -0.25) is 4.79 Å². The van der Waals surface area contributed by atoms with Gasteiger partial charge in [-0.05, 0) is 70.0 Å². The topological polar surface area (TPSA) is 70.2 Å². The molecular formula is C20H29N5O. The maximum Gasteiger partial charge on any atom is 0.272 e. The number of aromatic nitrogens is 2. The molecule has 2 aromatic rings. The Morgan fingerprint density at radius 3 is 2.38 bits per heavy atom. The Hall–Kier alpha value is -2.63. The van der Waals surface area contributed by atoms with Gasteiger partial charge in [-0.25, -0.2) is 0 Å². The smallest absolute Gasteiger partial charge is 0.272 e. The van der Waals surface area contributed by atoms with Crippen molar-refractivity contribution in [2.45, 2.75) is 47.1 Å². The molecule has 6 heteroatoms. The van der Waals surface area contributed by atoms with E-state index < -0.39 is 0 Å². The van der Waals surface area contributed by atoms with E-state index in [-0.39, 0.29) is 11.9 Å². The third-order valence-electron chi connectivity index (χ3n) is 4.49. The molecule has 0 radical (unpaired) electrons. The minimum atomic E-state index is -0.196. The second-order valence-corrected chi connectivity index (χ2v) is 6.38. The number of carbonyl (C=O) groups excluding carboxylic acids is 1. The first-order valence-electron chi connectivity index (χ1n) is 9.25. The van der Waals surface area contributed by atoms with Crippen molar-refractivity contribution >= 4 is 23.1 Å². The minimum absolute atomic E-state index is 0.120. The fourth-order valence-corrected chi connectivity index (χ4v) is 2.63. The Bertz CT molecular complexity index is 725. The summed E-state index contributed by atoms with van der Waals surface area (Å²) < 4.78 is 0. The summed E-state index contributed by atoms with van der Waals surface area (Å²) in [4.78, 5) is 14.4. The van der Waals surface area contributed by atoms with Crippen LogP contribution in [0.5, 0.6) is 0 Å². The van der Waals surface area contributed by atoms with Gasteiger partial charge < -0.3 is 15.5 Å². The molecule has 0 aliphatic rings. The van der Waals surface area contributed by atoms with Crippen LogP contribution in [0.1, 0.15) is 50.2 Å². The van der Waals surface area contributed by atoms with Crippen LogP contribution in [-0.4, -0.2) is 35.2 Å². The molecule has 1 aromatic heterocycles. The van der Waals surface area contributed by atoms with Crippen molar-refractivity contribution in [3.05, 3.63) is 41.6 Å². The van der Waals surface area contributed by atoms with E-state index in [0.717, 1.165) is 30.8 Å². The molecule has 0 spiro atoms. The molecule has 1 atom stereocenters. The fourth-order valence-electron chi connectivity index (χ4n) is 2.63. The van der Waals surface area contributed by atoms with Crippen LogP contribution in [0.2, 0.25) is 0 Å². The molecule has 6 nitrogen and oxygen atoms in total. The van der Waals surface area contributed by atoms with E-state index in [1.807, 2.05) is 19.9 Å². The van der Waals surface area contributed by atoms with Gasteiger partial charge >= 0.3 is 0 Å². The molecule has 1 heterocycles. The number of hydrogen-bond donors (Lipinski definition) is 2. The molecule has 140 valence electrons. The van der Waals surface area contributed by atoms with E-state index in [9.17, 15) is 4.79 Å². The highest BCUT2D eigenvalue weighted by Crippen LogP contribution is 2.24. The van der Waals surface area contributed by atoms with Gasteiger partial charge in [-0.1, -0.05) is 6.92 Å². The van der Waals surface area contributed by atoms with E-state index >= 15 is 0 Å². The second-order valence-electron chi connectivity index (χ2n) is 6.38. The number of benzene rings is 1. The number of anilines is 3. The highest BCUT2D eigenvalue weighted by molar-refractivity contribution is 5.92. The average molecular weight is 355 g/mol. The number of hydrogen-bond acceptors (Lipinski definition) is 5. The molecule has 1 unspecified atom stereocenters. The van der Waals surface area contributed by atoms with Crippen LogP contribution in [0.3, 0.4) is 0 Å². The molecule has 26 heavy (non-hydrogen) atoms. The molecule has 0 aliphatic heterocycles. The van der Waals surface area contributed by atoms with Gasteiger partial charge in [0.1, 0.15) is 0 Å². The summed E-state index contributed by atoms with van der Waals surface area (Å²) in [6, 6.07) is 9.89. The molecule has 0 aliphatic carbocycles. The predicted molar refractivity (Wildman–Crippen MR) is 107 cm³/mol. The van der Waals surface area contributed by atoms with Crippen LogP contribution in [-0.2, 0) is 0 Å². The first-order valence-corrected chi connectivity index (χ1v) is 9.25. The van der Waals surface area contributed by atoms with Gasteiger partial charge in [0.25, 0.3) is 5.91 Å². The maximum atomic E-state index is 12.1. The maximum absolute atomic E-state index is 12.1. The van der Waals surface area contributed by atoms with Crippen molar-refractivity contribution in [2.24, 2.45) is 0 Å². The van der Waals surface area contributed by atoms with Crippen molar-refractivity contribution < 1.29 is 4.79 Å². The van der Waals surface area contributed by atoms with Gasteiger partial charge in [0.15, 0.2) is 11.5 Å². The zero-order valence-corrected chi connectivity index (χ0v) is 16.3. The zero-order valence-electron chi connectivity index (χ0n) is 16.3. The van der Waals surface area contributed by atoms with Crippen LogP contribution in [0, 0.1) is 6.92 Å². The largest absolute Gasteiger partial charge is 0.372 e. The summed E-state index contributed by atoms with van der Waals surface area (Å²) in [6.07, 6.45) is 0.877. The second kappa shape index (κ2) is 9.17. The lowest BCUT2D eigenvalue weighted by Crippen LogP contribution is -2.32. The van der Waals surface area contributed by atoms with Crippen LogP contribution in [0.4, 0.5) is 17.2 Å². The molecule has 0 fully saturated rings. The minimum Gasteiger partial charge on any atom is -0.372 e. The molecule has 0 saturated heterocycles. The van der Waals surface area contributed by atoms with Crippen LogP contribution >= 0.6 is 0 Å². The van der Waals surface area contributed by atoms with Gasteiger partial charge in [0, 0.05) is 30.5 Å². The number of aryl methyl sites for hydroxylation is 1. The van der Waals surface area contributed by atoms with Crippen molar-refractivity contribution in [3.8, 4) is 0 Å². The summed E-state index contributed by atoms with van der Waals surface area (Å²) in [5, 5.41) is 14.3. The van der Waals surface area contributed by atoms with Gasteiger partial charge in [0.2, 0.25) is 0 Å². The third kappa shape index (κ3) is 4.94. The van der Waals surface area contributed by atoms with Crippen molar-refractivity contribution in [1.29, 1.82) is 0 Å². The zero-order chi connectivity index (χ0) is 19.1. The number of rotatable bonds is 8. The number of carbonyl (C=O) groups is 1. The number of amides is 1. The van der Waals surface area contributed by atoms with Crippen molar-refractivity contribution in [3.63, 3.8) is 0 Å². The first-order chi connectivity index (χ1) is 12.5. The molecule has 2 N–H and O–H groups in total. The number of nitrogens with zero attached hydrogens (tertiary/aromatic N) is 3. The lowest BCUT2D eigenvalue weighted by molar-refractivity contribution is 0.0933. The fraction of sp³-hybridized carbons (Fsp3) is 0.450. The summed E-state index contributed by atoms with van der Waals surface area (Å²) in [6.45, 7) is 12.3. The first kappa shape index (κ1) is 19.7. The van der Waals surface area contributed by atoms with Gasteiger partial charge in [-0.2, -0.15) is 0 Å². The predicted octanol–water partition coefficient (Wildman–Crippen LogP) is 3.90. The van der Waals surface area contributed by atoms with E-state index in [1.54, 1.807) is 12.1 Å². The SMILES string of the molecule is CCC(C)NC(=O)c1ccc(Nc2ccc(N(CC)CC)cc2C)nn1. The quantitative estimate of drug-likeness (QED) is 0.751. The van der Waals surface area contributed by atoms with E-state index in [4.69, 9.17) is 0 Å². The van der Waals surface area contributed by atoms with Crippen molar-refractivity contribution in [1.82, 2.24) is 15.5 Å². The van der Waals surface area contributed by atoms with Gasteiger partial charge in [-0.15, -0.1) is 10.2 Å². The Labute approximate surface area is 156 Å². The Morgan fingerprint density at radius 2 is 1.85 bits per heavy atom. The van der Waals surface area contributed by atoms with Crippen LogP contribution < -0.4 is 15.5 Å². The standard InChI is InChI=1S/C20H29N5O/c1-6-15(5)21-20(26)18-11-12-19(24-23-18)22-17-10-9-16(13-14(17)4)25(7-2)8-3/h9-13,15H,6-8H2,1-5H3,(H,21,26)(H,22,24). The lowest BCUT2D eigenvalue weighted by atomic mass is 10.1. The number of nitrogens with one attached hydrogen (secondary N) is 2. The molecule has 1 amide bonds.